The van der Waals surface area contributed by atoms with Crippen LogP contribution in [0, 0.1) is 0 Å². The molecule has 96 valence electrons. The van der Waals surface area contributed by atoms with E-state index in [9.17, 15) is 9.90 Å². The SMILES string of the molecule is O=C1C[C@H](O)[C@H](c2ccccc2)[C@H]1c1ccccc1. The third kappa shape index (κ3) is 2.20. The number of carbonyl (C=O) groups excluding carboxylic acids is 1. The highest BCUT2D eigenvalue weighted by Crippen LogP contribution is 2.43. The first-order valence-electron chi connectivity index (χ1n) is 6.58. The average Bonchev–Trinajstić information content (AvgIpc) is 2.75. The zero-order valence-electron chi connectivity index (χ0n) is 10.6. The van der Waals surface area contributed by atoms with Crippen molar-refractivity contribution in [1.82, 2.24) is 0 Å². The number of aliphatic hydroxyl groups excluding tert-OH is 1. The number of hydrogen-bond donors (Lipinski definition) is 1. The molecular weight excluding hydrogens is 236 g/mol. The van der Waals surface area contributed by atoms with E-state index in [0.717, 1.165) is 11.1 Å². The van der Waals surface area contributed by atoms with Gasteiger partial charge in [-0.05, 0) is 11.1 Å². The van der Waals surface area contributed by atoms with Gasteiger partial charge in [0.2, 0.25) is 0 Å². The van der Waals surface area contributed by atoms with Gasteiger partial charge in [0.25, 0.3) is 0 Å². The summed E-state index contributed by atoms with van der Waals surface area (Å²) in [6.07, 6.45) is -0.334. The molecule has 0 saturated heterocycles. The number of Topliss-reactive ketones (excluding diaryl/α,β-unsaturated/α-hetero) is 1. The van der Waals surface area contributed by atoms with Crippen molar-refractivity contribution in [2.75, 3.05) is 0 Å². The number of carbonyl (C=O) groups is 1. The molecule has 3 atom stereocenters. The molecule has 2 nitrogen and oxygen atoms in total. The number of aliphatic hydroxyl groups is 1. The highest BCUT2D eigenvalue weighted by molar-refractivity contribution is 5.90. The van der Waals surface area contributed by atoms with Gasteiger partial charge in [-0.1, -0.05) is 60.7 Å². The van der Waals surface area contributed by atoms with Crippen molar-refractivity contribution >= 4 is 5.78 Å². The molecule has 0 bridgehead atoms. The molecule has 2 heteroatoms. The minimum atomic E-state index is -0.583. The molecule has 2 aromatic rings. The van der Waals surface area contributed by atoms with E-state index < -0.39 is 6.10 Å². The molecule has 2 aromatic carbocycles. The summed E-state index contributed by atoms with van der Waals surface area (Å²) in [6, 6.07) is 19.6. The summed E-state index contributed by atoms with van der Waals surface area (Å²) in [5.41, 5.74) is 2.03. The van der Waals surface area contributed by atoms with Gasteiger partial charge in [-0.2, -0.15) is 0 Å². The number of rotatable bonds is 2. The molecule has 1 N–H and O–H groups in total. The maximum absolute atomic E-state index is 12.2. The zero-order valence-corrected chi connectivity index (χ0v) is 10.6. The molecule has 0 radical (unpaired) electrons. The predicted molar refractivity (Wildman–Crippen MR) is 74.0 cm³/mol. The molecule has 0 amide bonds. The second-order valence-electron chi connectivity index (χ2n) is 5.06. The van der Waals surface area contributed by atoms with Crippen molar-refractivity contribution in [3.05, 3.63) is 71.8 Å². The van der Waals surface area contributed by atoms with Crippen LogP contribution in [0.5, 0.6) is 0 Å². The lowest BCUT2D eigenvalue weighted by atomic mass is 9.83. The van der Waals surface area contributed by atoms with Crippen molar-refractivity contribution in [2.24, 2.45) is 0 Å². The van der Waals surface area contributed by atoms with E-state index in [4.69, 9.17) is 0 Å². The zero-order chi connectivity index (χ0) is 13.2. The van der Waals surface area contributed by atoms with Gasteiger partial charge in [0.05, 0.1) is 12.0 Å². The highest BCUT2D eigenvalue weighted by atomic mass is 16.3. The van der Waals surface area contributed by atoms with Crippen molar-refractivity contribution < 1.29 is 9.90 Å². The van der Waals surface area contributed by atoms with E-state index >= 15 is 0 Å². The first-order valence-corrected chi connectivity index (χ1v) is 6.58. The highest BCUT2D eigenvalue weighted by Gasteiger charge is 2.42. The van der Waals surface area contributed by atoms with Gasteiger partial charge in [-0.15, -0.1) is 0 Å². The minimum absolute atomic E-state index is 0.129. The van der Waals surface area contributed by atoms with Crippen LogP contribution >= 0.6 is 0 Å². The van der Waals surface area contributed by atoms with E-state index in [2.05, 4.69) is 0 Å². The molecule has 0 aromatic heterocycles. The fourth-order valence-electron chi connectivity index (χ4n) is 3.03. The van der Waals surface area contributed by atoms with Crippen LogP contribution in [0.25, 0.3) is 0 Å². The lowest BCUT2D eigenvalue weighted by Gasteiger charge is -2.21. The van der Waals surface area contributed by atoms with Gasteiger partial charge in [-0.25, -0.2) is 0 Å². The van der Waals surface area contributed by atoms with Crippen LogP contribution in [-0.2, 0) is 4.79 Å². The summed E-state index contributed by atoms with van der Waals surface area (Å²) >= 11 is 0. The minimum Gasteiger partial charge on any atom is -0.392 e. The Morgan fingerprint density at radius 2 is 1.37 bits per heavy atom. The molecule has 0 unspecified atom stereocenters. The topological polar surface area (TPSA) is 37.3 Å². The second-order valence-corrected chi connectivity index (χ2v) is 5.06. The molecule has 19 heavy (non-hydrogen) atoms. The van der Waals surface area contributed by atoms with Crippen molar-refractivity contribution in [3.63, 3.8) is 0 Å². The fourth-order valence-corrected chi connectivity index (χ4v) is 3.03. The molecule has 0 spiro atoms. The van der Waals surface area contributed by atoms with E-state index in [1.807, 2.05) is 60.7 Å². The Kier molecular flexibility index (Phi) is 3.18. The third-order valence-electron chi connectivity index (χ3n) is 3.87. The van der Waals surface area contributed by atoms with Gasteiger partial charge in [0.15, 0.2) is 0 Å². The largest absolute Gasteiger partial charge is 0.392 e. The van der Waals surface area contributed by atoms with Gasteiger partial charge in [0.1, 0.15) is 5.78 Å². The van der Waals surface area contributed by atoms with E-state index in [-0.39, 0.29) is 24.0 Å². The maximum Gasteiger partial charge on any atom is 0.143 e. The summed E-state index contributed by atoms with van der Waals surface area (Å²) in [5.74, 6) is -0.220. The van der Waals surface area contributed by atoms with Crippen LogP contribution < -0.4 is 0 Å². The van der Waals surface area contributed by atoms with Crippen LogP contribution in [0.2, 0.25) is 0 Å². The van der Waals surface area contributed by atoms with Gasteiger partial charge < -0.3 is 5.11 Å². The van der Waals surface area contributed by atoms with Crippen molar-refractivity contribution in [2.45, 2.75) is 24.4 Å². The van der Waals surface area contributed by atoms with Gasteiger partial charge >= 0.3 is 0 Å². The molecular formula is C17H16O2. The first-order chi connectivity index (χ1) is 9.27. The molecule has 1 aliphatic rings. The monoisotopic (exact) mass is 252 g/mol. The Bertz CT molecular complexity index is 562. The smallest absolute Gasteiger partial charge is 0.143 e. The summed E-state index contributed by atoms with van der Waals surface area (Å²) in [6.45, 7) is 0. The van der Waals surface area contributed by atoms with E-state index in [0.29, 0.717) is 0 Å². The number of hydrogen-bond acceptors (Lipinski definition) is 2. The lowest BCUT2D eigenvalue weighted by molar-refractivity contribution is -0.119. The average molecular weight is 252 g/mol. The quantitative estimate of drug-likeness (QED) is 0.892. The normalized spacial score (nSPS) is 26.6. The Morgan fingerprint density at radius 1 is 0.842 bits per heavy atom. The molecule has 0 heterocycles. The Morgan fingerprint density at radius 3 is 1.95 bits per heavy atom. The lowest BCUT2D eigenvalue weighted by Crippen LogP contribution is -2.17. The molecule has 3 rings (SSSR count). The van der Waals surface area contributed by atoms with E-state index in [1.165, 1.54) is 0 Å². The summed E-state index contributed by atoms with van der Waals surface area (Å²) in [7, 11) is 0. The molecule has 1 fully saturated rings. The molecule has 0 aliphatic heterocycles. The predicted octanol–water partition coefficient (Wildman–Crippen LogP) is 2.89. The van der Waals surface area contributed by atoms with Crippen LogP contribution in [0.15, 0.2) is 60.7 Å². The molecule has 1 saturated carbocycles. The van der Waals surface area contributed by atoms with Crippen LogP contribution in [0.3, 0.4) is 0 Å². The standard InChI is InChI=1S/C17H16O2/c18-14-11-15(19)17(13-9-5-2-6-10-13)16(14)12-7-3-1-4-8-12/h1-10,14,16-18H,11H2/t14-,16-,17-/m0/s1. The number of benzene rings is 2. The summed E-state index contributed by atoms with van der Waals surface area (Å²) in [4.78, 5) is 12.2. The van der Waals surface area contributed by atoms with Gasteiger partial charge in [0, 0.05) is 12.3 Å². The Labute approximate surface area is 112 Å². The van der Waals surface area contributed by atoms with E-state index in [1.54, 1.807) is 0 Å². The van der Waals surface area contributed by atoms with Crippen molar-refractivity contribution in [3.8, 4) is 0 Å². The van der Waals surface area contributed by atoms with Crippen LogP contribution in [0.4, 0.5) is 0 Å². The summed E-state index contributed by atoms with van der Waals surface area (Å²) < 4.78 is 0. The Hall–Kier alpha value is -1.93. The second kappa shape index (κ2) is 4.98. The third-order valence-corrected chi connectivity index (χ3v) is 3.87. The van der Waals surface area contributed by atoms with Crippen LogP contribution in [-0.4, -0.2) is 17.0 Å². The maximum atomic E-state index is 12.2. The van der Waals surface area contributed by atoms with Crippen molar-refractivity contribution in [1.29, 1.82) is 0 Å². The summed E-state index contributed by atoms with van der Waals surface area (Å²) in [5, 5.41) is 10.2. The Balaban J connectivity index is 2.03. The fraction of sp³-hybridized carbons (Fsp3) is 0.235. The number of ketones is 1. The first kappa shape index (κ1) is 12.1. The molecule has 1 aliphatic carbocycles. The van der Waals surface area contributed by atoms with Crippen LogP contribution in [0.1, 0.15) is 29.4 Å². The van der Waals surface area contributed by atoms with Gasteiger partial charge in [-0.3, -0.25) is 4.79 Å².